The Balaban J connectivity index is 2.01. The maximum absolute atomic E-state index is 12.1. The number of hydrogen-bond acceptors (Lipinski definition) is 4. The molecule has 94 valence electrons. The molecule has 1 amide bonds. The Labute approximate surface area is 101 Å². The number of rotatable bonds is 3. The predicted molar refractivity (Wildman–Crippen MR) is 63.4 cm³/mol. The van der Waals surface area contributed by atoms with Gasteiger partial charge < -0.3 is 14.7 Å². The quantitative estimate of drug-likeness (QED) is 0.847. The zero-order chi connectivity index (χ0) is 12.4. The number of amides is 1. The Bertz CT molecular complexity index is 388. The van der Waals surface area contributed by atoms with Gasteiger partial charge in [-0.1, -0.05) is 5.16 Å². The van der Waals surface area contributed by atoms with Crippen molar-refractivity contribution in [2.24, 2.45) is 5.92 Å². The van der Waals surface area contributed by atoms with Gasteiger partial charge in [-0.05, 0) is 26.8 Å². The Morgan fingerprint density at radius 2 is 2.35 bits per heavy atom. The van der Waals surface area contributed by atoms with E-state index in [0.717, 1.165) is 36.5 Å². The zero-order valence-electron chi connectivity index (χ0n) is 10.6. The van der Waals surface area contributed by atoms with Gasteiger partial charge in [0.05, 0.1) is 18.2 Å². The van der Waals surface area contributed by atoms with E-state index in [9.17, 15) is 4.79 Å². The monoisotopic (exact) mass is 237 g/mol. The molecule has 0 aliphatic carbocycles. The van der Waals surface area contributed by atoms with Crippen LogP contribution >= 0.6 is 0 Å². The van der Waals surface area contributed by atoms with Crippen LogP contribution in [0, 0.1) is 19.8 Å². The highest BCUT2D eigenvalue weighted by molar-refractivity contribution is 5.79. The molecule has 1 aliphatic rings. The number of nitrogens with one attached hydrogen (secondary N) is 1. The van der Waals surface area contributed by atoms with Crippen LogP contribution in [0.3, 0.4) is 0 Å². The van der Waals surface area contributed by atoms with Gasteiger partial charge in [-0.15, -0.1) is 0 Å². The van der Waals surface area contributed by atoms with Crippen molar-refractivity contribution in [3.63, 3.8) is 0 Å². The number of aryl methyl sites for hydroxylation is 2. The molecule has 1 saturated heterocycles. The van der Waals surface area contributed by atoms with E-state index in [-0.39, 0.29) is 11.8 Å². The molecule has 1 aromatic rings. The molecule has 0 aromatic carbocycles. The van der Waals surface area contributed by atoms with Gasteiger partial charge in [0.15, 0.2) is 0 Å². The van der Waals surface area contributed by atoms with Crippen LogP contribution in [0.25, 0.3) is 0 Å². The molecule has 5 nitrogen and oxygen atoms in total. The summed E-state index contributed by atoms with van der Waals surface area (Å²) in [6.07, 6.45) is 0.935. The van der Waals surface area contributed by atoms with Crippen molar-refractivity contribution >= 4 is 5.91 Å². The summed E-state index contributed by atoms with van der Waals surface area (Å²) in [4.78, 5) is 13.9. The SMILES string of the molecule is Cc1noc(C)c1CN(C)C(=O)C1CCNC1. The lowest BCUT2D eigenvalue weighted by Crippen LogP contribution is -2.33. The van der Waals surface area contributed by atoms with Crippen LogP contribution in [0.1, 0.15) is 23.4 Å². The third-order valence-electron chi connectivity index (χ3n) is 3.36. The number of nitrogens with zero attached hydrogens (tertiary/aromatic N) is 2. The van der Waals surface area contributed by atoms with Gasteiger partial charge in [0.25, 0.3) is 0 Å². The summed E-state index contributed by atoms with van der Waals surface area (Å²) in [5.41, 5.74) is 1.89. The first-order valence-electron chi connectivity index (χ1n) is 5.97. The number of carbonyl (C=O) groups is 1. The molecule has 17 heavy (non-hydrogen) atoms. The van der Waals surface area contributed by atoms with Crippen molar-refractivity contribution in [1.82, 2.24) is 15.4 Å². The normalized spacial score (nSPS) is 19.6. The summed E-state index contributed by atoms with van der Waals surface area (Å²) in [7, 11) is 1.84. The average Bonchev–Trinajstić information content (AvgIpc) is 2.93. The largest absolute Gasteiger partial charge is 0.361 e. The summed E-state index contributed by atoms with van der Waals surface area (Å²) < 4.78 is 5.10. The molecule has 1 fully saturated rings. The molecule has 1 N–H and O–H groups in total. The van der Waals surface area contributed by atoms with Gasteiger partial charge in [0.2, 0.25) is 5.91 Å². The van der Waals surface area contributed by atoms with Gasteiger partial charge in [0.1, 0.15) is 5.76 Å². The van der Waals surface area contributed by atoms with Crippen molar-refractivity contribution in [1.29, 1.82) is 0 Å². The predicted octanol–water partition coefficient (Wildman–Crippen LogP) is 0.859. The lowest BCUT2D eigenvalue weighted by molar-refractivity contribution is -0.134. The van der Waals surface area contributed by atoms with Gasteiger partial charge in [0, 0.05) is 19.2 Å². The van der Waals surface area contributed by atoms with Crippen LogP contribution in [0.5, 0.6) is 0 Å². The summed E-state index contributed by atoms with van der Waals surface area (Å²) in [6, 6.07) is 0. The minimum absolute atomic E-state index is 0.125. The molecule has 1 aliphatic heterocycles. The minimum atomic E-state index is 0.125. The highest BCUT2D eigenvalue weighted by Gasteiger charge is 2.26. The summed E-state index contributed by atoms with van der Waals surface area (Å²) in [5, 5.41) is 7.11. The minimum Gasteiger partial charge on any atom is -0.361 e. The fourth-order valence-electron chi connectivity index (χ4n) is 2.22. The third kappa shape index (κ3) is 2.49. The lowest BCUT2D eigenvalue weighted by Gasteiger charge is -2.20. The second-order valence-electron chi connectivity index (χ2n) is 4.69. The second kappa shape index (κ2) is 4.87. The molecule has 1 atom stereocenters. The molecule has 1 aromatic heterocycles. The van der Waals surface area contributed by atoms with E-state index in [1.54, 1.807) is 4.90 Å². The number of aromatic nitrogens is 1. The number of carbonyl (C=O) groups excluding carboxylic acids is 1. The molecule has 2 rings (SSSR count). The molecule has 0 bridgehead atoms. The Hall–Kier alpha value is -1.36. The molecule has 1 unspecified atom stereocenters. The topological polar surface area (TPSA) is 58.4 Å². The Kier molecular flexibility index (Phi) is 3.47. The van der Waals surface area contributed by atoms with E-state index in [1.807, 2.05) is 20.9 Å². The molecule has 0 saturated carbocycles. The highest BCUT2D eigenvalue weighted by Crippen LogP contribution is 2.17. The second-order valence-corrected chi connectivity index (χ2v) is 4.69. The third-order valence-corrected chi connectivity index (χ3v) is 3.36. The number of hydrogen-bond donors (Lipinski definition) is 1. The lowest BCUT2D eigenvalue weighted by atomic mass is 10.1. The van der Waals surface area contributed by atoms with Crippen LogP contribution in [-0.2, 0) is 11.3 Å². The zero-order valence-corrected chi connectivity index (χ0v) is 10.6. The van der Waals surface area contributed by atoms with Crippen LogP contribution in [0.4, 0.5) is 0 Å². The summed E-state index contributed by atoms with van der Waals surface area (Å²) in [5.74, 6) is 1.13. The summed E-state index contributed by atoms with van der Waals surface area (Å²) >= 11 is 0. The van der Waals surface area contributed by atoms with E-state index >= 15 is 0 Å². The highest BCUT2D eigenvalue weighted by atomic mass is 16.5. The Morgan fingerprint density at radius 3 is 2.88 bits per heavy atom. The first-order chi connectivity index (χ1) is 8.09. The van der Waals surface area contributed by atoms with E-state index in [4.69, 9.17) is 4.52 Å². The van der Waals surface area contributed by atoms with Gasteiger partial charge in [-0.2, -0.15) is 0 Å². The van der Waals surface area contributed by atoms with Crippen molar-refractivity contribution < 1.29 is 9.32 Å². The van der Waals surface area contributed by atoms with Crippen molar-refractivity contribution in [2.45, 2.75) is 26.8 Å². The van der Waals surface area contributed by atoms with Crippen LogP contribution in [-0.4, -0.2) is 36.1 Å². The molecular weight excluding hydrogens is 218 g/mol. The van der Waals surface area contributed by atoms with E-state index < -0.39 is 0 Å². The average molecular weight is 237 g/mol. The first-order valence-corrected chi connectivity index (χ1v) is 5.97. The smallest absolute Gasteiger partial charge is 0.227 e. The van der Waals surface area contributed by atoms with E-state index in [2.05, 4.69) is 10.5 Å². The first kappa shape index (κ1) is 12.1. The molecule has 5 heteroatoms. The molecular formula is C12H19N3O2. The van der Waals surface area contributed by atoms with Crippen molar-refractivity contribution in [3.8, 4) is 0 Å². The standard InChI is InChI=1S/C12H19N3O2/c1-8-11(9(2)17-14-8)7-15(3)12(16)10-4-5-13-6-10/h10,13H,4-7H2,1-3H3. The van der Waals surface area contributed by atoms with E-state index in [0.29, 0.717) is 6.54 Å². The van der Waals surface area contributed by atoms with Gasteiger partial charge >= 0.3 is 0 Å². The fourth-order valence-corrected chi connectivity index (χ4v) is 2.22. The van der Waals surface area contributed by atoms with Crippen molar-refractivity contribution in [3.05, 3.63) is 17.0 Å². The van der Waals surface area contributed by atoms with Crippen LogP contribution < -0.4 is 5.32 Å². The molecule has 0 spiro atoms. The fraction of sp³-hybridized carbons (Fsp3) is 0.667. The molecule has 0 radical (unpaired) electrons. The van der Waals surface area contributed by atoms with Crippen LogP contribution in [0.2, 0.25) is 0 Å². The van der Waals surface area contributed by atoms with Gasteiger partial charge in [-0.3, -0.25) is 4.79 Å². The Morgan fingerprint density at radius 1 is 1.59 bits per heavy atom. The maximum atomic E-state index is 12.1. The molecule has 2 heterocycles. The maximum Gasteiger partial charge on any atom is 0.227 e. The van der Waals surface area contributed by atoms with Crippen LogP contribution in [0.15, 0.2) is 4.52 Å². The van der Waals surface area contributed by atoms with Crippen molar-refractivity contribution in [2.75, 3.05) is 20.1 Å². The summed E-state index contributed by atoms with van der Waals surface area (Å²) in [6.45, 7) is 6.10. The van der Waals surface area contributed by atoms with Gasteiger partial charge in [-0.25, -0.2) is 0 Å². The van der Waals surface area contributed by atoms with E-state index in [1.165, 1.54) is 0 Å².